The highest BCUT2D eigenvalue weighted by Gasteiger charge is 2.14. The zero-order chi connectivity index (χ0) is 19.9. The molecule has 0 atom stereocenters. The number of amides is 1. The molecule has 1 heterocycles. The third kappa shape index (κ3) is 5.38. The first-order chi connectivity index (χ1) is 13.6. The van der Waals surface area contributed by atoms with Gasteiger partial charge in [0.2, 0.25) is 5.91 Å². The number of benzene rings is 2. The van der Waals surface area contributed by atoms with Crippen molar-refractivity contribution in [2.75, 3.05) is 0 Å². The fraction of sp³-hybridized carbons (Fsp3) is 0.238. The van der Waals surface area contributed by atoms with Crippen LogP contribution in [-0.2, 0) is 30.2 Å². The quantitative estimate of drug-likeness (QED) is 0.547. The molecule has 0 bridgehead atoms. The number of nitrogens with one attached hydrogen (secondary N) is 1. The van der Waals surface area contributed by atoms with E-state index in [9.17, 15) is 9.90 Å². The zero-order valence-electron chi connectivity index (χ0n) is 15.6. The lowest BCUT2D eigenvalue weighted by atomic mass is 10.1. The van der Waals surface area contributed by atoms with Crippen molar-refractivity contribution in [1.82, 2.24) is 14.9 Å². The van der Waals surface area contributed by atoms with Crippen LogP contribution in [0.1, 0.15) is 22.4 Å². The SMILES string of the molecule is Cc1ccc(CNC(=O)Cn2c(CO)cnc2SCc2ccccc2Cl)cc1. The average molecular weight is 416 g/mol. The smallest absolute Gasteiger partial charge is 0.240 e. The van der Waals surface area contributed by atoms with Crippen LogP contribution < -0.4 is 5.32 Å². The Hall–Kier alpha value is -2.28. The van der Waals surface area contributed by atoms with E-state index in [0.717, 1.165) is 11.1 Å². The monoisotopic (exact) mass is 415 g/mol. The summed E-state index contributed by atoms with van der Waals surface area (Å²) in [5.74, 6) is 0.500. The zero-order valence-corrected chi connectivity index (χ0v) is 17.1. The van der Waals surface area contributed by atoms with Crippen molar-refractivity contribution in [3.63, 3.8) is 0 Å². The van der Waals surface area contributed by atoms with Gasteiger partial charge in [0.15, 0.2) is 5.16 Å². The summed E-state index contributed by atoms with van der Waals surface area (Å²) < 4.78 is 1.74. The van der Waals surface area contributed by atoms with Gasteiger partial charge in [-0.3, -0.25) is 4.79 Å². The molecule has 0 aliphatic carbocycles. The average Bonchev–Trinajstić information content (AvgIpc) is 3.08. The maximum absolute atomic E-state index is 12.4. The molecule has 5 nitrogen and oxygen atoms in total. The van der Waals surface area contributed by atoms with E-state index in [0.29, 0.717) is 28.2 Å². The molecule has 3 aromatic rings. The van der Waals surface area contributed by atoms with Gasteiger partial charge in [-0.15, -0.1) is 0 Å². The second-order valence-electron chi connectivity index (χ2n) is 6.42. The fourth-order valence-electron chi connectivity index (χ4n) is 2.67. The number of aryl methyl sites for hydroxylation is 1. The molecule has 1 aromatic heterocycles. The molecule has 0 fully saturated rings. The molecule has 0 saturated heterocycles. The molecular weight excluding hydrogens is 394 g/mol. The summed E-state index contributed by atoms with van der Waals surface area (Å²) in [5, 5.41) is 13.9. The highest BCUT2D eigenvalue weighted by atomic mass is 35.5. The third-order valence-electron chi connectivity index (χ3n) is 4.29. The molecule has 2 N–H and O–H groups in total. The fourth-order valence-corrected chi connectivity index (χ4v) is 3.95. The number of nitrogens with zero attached hydrogens (tertiary/aromatic N) is 2. The molecule has 1 amide bonds. The van der Waals surface area contributed by atoms with Crippen molar-refractivity contribution in [3.8, 4) is 0 Å². The Kier molecular flexibility index (Phi) is 7.14. The normalized spacial score (nSPS) is 10.8. The number of rotatable bonds is 8. The van der Waals surface area contributed by atoms with Crippen molar-refractivity contribution in [3.05, 3.63) is 82.1 Å². The number of imidazole rings is 1. The number of aromatic nitrogens is 2. The van der Waals surface area contributed by atoms with Crippen molar-refractivity contribution < 1.29 is 9.90 Å². The lowest BCUT2D eigenvalue weighted by molar-refractivity contribution is -0.122. The van der Waals surface area contributed by atoms with Crippen LogP contribution in [0.4, 0.5) is 0 Å². The number of hydrogen-bond acceptors (Lipinski definition) is 4. The van der Waals surface area contributed by atoms with Crippen LogP contribution in [0.25, 0.3) is 0 Å². The molecule has 3 rings (SSSR count). The number of carbonyl (C=O) groups excluding carboxylic acids is 1. The van der Waals surface area contributed by atoms with E-state index in [4.69, 9.17) is 11.6 Å². The van der Waals surface area contributed by atoms with Gasteiger partial charge in [0, 0.05) is 17.3 Å². The van der Waals surface area contributed by atoms with Gasteiger partial charge in [0.1, 0.15) is 6.54 Å². The summed E-state index contributed by atoms with van der Waals surface area (Å²) in [6, 6.07) is 15.7. The number of aliphatic hydroxyl groups is 1. The molecule has 0 aliphatic rings. The summed E-state index contributed by atoms with van der Waals surface area (Å²) in [6.07, 6.45) is 1.60. The van der Waals surface area contributed by atoms with Crippen molar-refractivity contribution >= 4 is 29.3 Å². The summed E-state index contributed by atoms with van der Waals surface area (Å²) in [6.45, 7) is 2.42. The maximum Gasteiger partial charge on any atom is 0.240 e. The predicted octanol–water partition coefficient (Wildman–Crippen LogP) is 3.95. The Morgan fingerprint density at radius 1 is 1.21 bits per heavy atom. The molecular formula is C21H22ClN3O2S. The predicted molar refractivity (Wildman–Crippen MR) is 112 cm³/mol. The number of halogens is 1. The van der Waals surface area contributed by atoms with Crippen LogP contribution in [0, 0.1) is 6.92 Å². The van der Waals surface area contributed by atoms with Crippen LogP contribution in [0.5, 0.6) is 0 Å². The van der Waals surface area contributed by atoms with Crippen molar-refractivity contribution in [2.45, 2.75) is 37.5 Å². The first-order valence-corrected chi connectivity index (χ1v) is 10.3. The van der Waals surface area contributed by atoms with E-state index >= 15 is 0 Å². The second-order valence-corrected chi connectivity index (χ2v) is 7.77. The van der Waals surface area contributed by atoms with E-state index in [2.05, 4.69) is 10.3 Å². The topological polar surface area (TPSA) is 67.2 Å². The Bertz CT molecular complexity index is 941. The van der Waals surface area contributed by atoms with Gasteiger partial charge in [-0.1, -0.05) is 71.4 Å². The van der Waals surface area contributed by atoms with Crippen LogP contribution in [0.3, 0.4) is 0 Å². The molecule has 0 spiro atoms. The Morgan fingerprint density at radius 3 is 2.68 bits per heavy atom. The van der Waals surface area contributed by atoms with E-state index in [1.807, 2.05) is 55.5 Å². The van der Waals surface area contributed by atoms with Gasteiger partial charge >= 0.3 is 0 Å². The van der Waals surface area contributed by atoms with Crippen LogP contribution in [0.15, 0.2) is 59.9 Å². The number of carbonyl (C=O) groups is 1. The molecule has 7 heteroatoms. The molecule has 28 heavy (non-hydrogen) atoms. The molecule has 0 radical (unpaired) electrons. The van der Waals surface area contributed by atoms with E-state index in [-0.39, 0.29) is 19.1 Å². The molecule has 0 unspecified atom stereocenters. The lowest BCUT2D eigenvalue weighted by Gasteiger charge is -2.12. The lowest BCUT2D eigenvalue weighted by Crippen LogP contribution is -2.28. The summed E-state index contributed by atoms with van der Waals surface area (Å²) >= 11 is 7.70. The number of aliphatic hydroxyl groups excluding tert-OH is 1. The number of hydrogen-bond donors (Lipinski definition) is 2. The van der Waals surface area contributed by atoms with Crippen molar-refractivity contribution in [1.29, 1.82) is 0 Å². The standard InChI is InChI=1S/C21H22ClN3O2S/c1-15-6-8-16(9-7-15)10-23-20(27)12-25-18(13-26)11-24-21(25)28-14-17-4-2-3-5-19(17)22/h2-9,11,26H,10,12-14H2,1H3,(H,23,27). The molecule has 146 valence electrons. The minimum Gasteiger partial charge on any atom is -0.390 e. The van der Waals surface area contributed by atoms with Crippen LogP contribution >= 0.6 is 23.4 Å². The minimum atomic E-state index is -0.176. The van der Waals surface area contributed by atoms with Gasteiger partial charge in [-0.25, -0.2) is 4.98 Å². The highest BCUT2D eigenvalue weighted by molar-refractivity contribution is 7.98. The van der Waals surface area contributed by atoms with Crippen LogP contribution in [-0.4, -0.2) is 20.6 Å². The number of thioether (sulfide) groups is 1. The van der Waals surface area contributed by atoms with E-state index < -0.39 is 0 Å². The molecule has 0 saturated carbocycles. The molecule has 2 aromatic carbocycles. The van der Waals surface area contributed by atoms with Gasteiger partial charge in [0.05, 0.1) is 18.5 Å². The minimum absolute atomic E-state index is 0.104. The second kappa shape index (κ2) is 9.78. The van der Waals surface area contributed by atoms with Gasteiger partial charge in [-0.2, -0.15) is 0 Å². The summed E-state index contributed by atoms with van der Waals surface area (Å²) in [4.78, 5) is 16.8. The van der Waals surface area contributed by atoms with Gasteiger partial charge < -0.3 is 15.0 Å². The third-order valence-corrected chi connectivity index (χ3v) is 5.70. The highest BCUT2D eigenvalue weighted by Crippen LogP contribution is 2.26. The first-order valence-electron chi connectivity index (χ1n) is 8.90. The first kappa shape index (κ1) is 20.5. The van der Waals surface area contributed by atoms with Gasteiger partial charge in [-0.05, 0) is 24.1 Å². The Morgan fingerprint density at radius 2 is 1.96 bits per heavy atom. The maximum atomic E-state index is 12.4. The largest absolute Gasteiger partial charge is 0.390 e. The van der Waals surface area contributed by atoms with Crippen LogP contribution in [0.2, 0.25) is 5.02 Å². The van der Waals surface area contributed by atoms with Gasteiger partial charge in [0.25, 0.3) is 0 Å². The molecule has 0 aliphatic heterocycles. The Balaban J connectivity index is 1.63. The summed E-state index contributed by atoms with van der Waals surface area (Å²) in [5.41, 5.74) is 3.83. The summed E-state index contributed by atoms with van der Waals surface area (Å²) in [7, 11) is 0. The van der Waals surface area contributed by atoms with Crippen molar-refractivity contribution in [2.24, 2.45) is 0 Å². The van der Waals surface area contributed by atoms with E-state index in [1.165, 1.54) is 17.3 Å². The Labute approximate surface area is 173 Å². The van der Waals surface area contributed by atoms with E-state index in [1.54, 1.807) is 10.8 Å².